The number of morpholine rings is 1. The Balaban J connectivity index is 1.37. The number of aromatic amines is 1. The van der Waals surface area contributed by atoms with Gasteiger partial charge in [-0.05, 0) is 44.0 Å². The Morgan fingerprint density at radius 2 is 2.03 bits per heavy atom. The van der Waals surface area contributed by atoms with Crippen LogP contribution >= 0.6 is 0 Å². The molecule has 0 unspecified atom stereocenters. The summed E-state index contributed by atoms with van der Waals surface area (Å²) in [7, 11) is 0. The van der Waals surface area contributed by atoms with E-state index in [4.69, 9.17) is 9.72 Å². The molecule has 0 spiro atoms. The molecule has 1 fully saturated rings. The number of benzene rings is 1. The van der Waals surface area contributed by atoms with Crippen molar-refractivity contribution < 1.29 is 4.74 Å². The average Bonchev–Trinajstić information content (AvgIpc) is 2.73. The summed E-state index contributed by atoms with van der Waals surface area (Å²) < 4.78 is 5.82. The van der Waals surface area contributed by atoms with Crippen molar-refractivity contribution in [2.75, 3.05) is 24.5 Å². The Labute approximate surface area is 175 Å². The van der Waals surface area contributed by atoms with Crippen LogP contribution in [-0.2, 0) is 24.2 Å². The monoisotopic (exact) mass is 405 g/mol. The lowest BCUT2D eigenvalue weighted by Crippen LogP contribution is -2.47. The maximum absolute atomic E-state index is 12.7. The van der Waals surface area contributed by atoms with Gasteiger partial charge in [-0.15, -0.1) is 0 Å². The normalized spacial score (nSPS) is 22.3. The van der Waals surface area contributed by atoms with Crippen molar-refractivity contribution in [3.05, 3.63) is 63.7 Å². The molecule has 7 nitrogen and oxygen atoms in total. The molecule has 0 radical (unpaired) electrons. The zero-order chi connectivity index (χ0) is 20.7. The zero-order valence-corrected chi connectivity index (χ0v) is 17.5. The molecule has 0 aliphatic carbocycles. The van der Waals surface area contributed by atoms with Gasteiger partial charge in [-0.1, -0.05) is 12.1 Å². The molecule has 0 amide bonds. The molecule has 4 heterocycles. The fourth-order valence-electron chi connectivity index (χ4n) is 4.60. The maximum Gasteiger partial charge on any atom is 0.255 e. The molecular weight excluding hydrogens is 378 g/mol. The molecule has 2 aliphatic heterocycles. The van der Waals surface area contributed by atoms with Gasteiger partial charge in [-0.25, -0.2) is 4.98 Å². The summed E-state index contributed by atoms with van der Waals surface area (Å²) >= 11 is 0. The first-order valence-corrected chi connectivity index (χ1v) is 10.6. The van der Waals surface area contributed by atoms with Crippen molar-refractivity contribution in [2.45, 2.75) is 45.6 Å². The second-order valence-corrected chi connectivity index (χ2v) is 8.47. The molecule has 2 aliphatic rings. The summed E-state index contributed by atoms with van der Waals surface area (Å²) in [5.41, 5.74) is 3.98. The number of aromatic nitrogens is 3. The van der Waals surface area contributed by atoms with Gasteiger partial charge in [0, 0.05) is 49.9 Å². The predicted octanol–water partition coefficient (Wildman–Crippen LogP) is 2.49. The maximum atomic E-state index is 12.7. The summed E-state index contributed by atoms with van der Waals surface area (Å²) in [4.78, 5) is 29.5. The first-order chi connectivity index (χ1) is 14.5. The average molecular weight is 406 g/mol. The molecule has 7 heteroatoms. The molecule has 30 heavy (non-hydrogen) atoms. The van der Waals surface area contributed by atoms with Crippen LogP contribution < -0.4 is 10.5 Å². The van der Waals surface area contributed by atoms with Gasteiger partial charge in [0.1, 0.15) is 0 Å². The second-order valence-electron chi connectivity index (χ2n) is 8.47. The van der Waals surface area contributed by atoms with Crippen molar-refractivity contribution in [1.82, 2.24) is 19.9 Å². The number of fused-ring (bicyclic) bond motifs is 2. The number of nitrogens with one attached hydrogen (secondary N) is 1. The number of pyridine rings is 1. The van der Waals surface area contributed by atoms with Gasteiger partial charge in [0.25, 0.3) is 5.56 Å². The van der Waals surface area contributed by atoms with Crippen molar-refractivity contribution in [2.24, 2.45) is 0 Å². The number of H-pyrrole nitrogens is 1. The van der Waals surface area contributed by atoms with Crippen LogP contribution in [0.5, 0.6) is 0 Å². The lowest BCUT2D eigenvalue weighted by atomic mass is 10.0. The Bertz CT molecular complexity index is 1120. The molecule has 3 aromatic rings. The molecule has 156 valence electrons. The van der Waals surface area contributed by atoms with Crippen LogP contribution in [0, 0.1) is 0 Å². The highest BCUT2D eigenvalue weighted by Gasteiger charge is 2.27. The summed E-state index contributed by atoms with van der Waals surface area (Å²) in [6.07, 6.45) is 2.78. The van der Waals surface area contributed by atoms with Gasteiger partial charge in [0.15, 0.2) is 0 Å². The van der Waals surface area contributed by atoms with Gasteiger partial charge in [-0.3, -0.25) is 19.7 Å². The molecule has 2 atom stereocenters. The fourth-order valence-corrected chi connectivity index (χ4v) is 4.60. The van der Waals surface area contributed by atoms with Gasteiger partial charge < -0.3 is 9.64 Å². The van der Waals surface area contributed by atoms with Crippen molar-refractivity contribution >= 4 is 16.9 Å². The van der Waals surface area contributed by atoms with Crippen LogP contribution in [0.1, 0.15) is 30.7 Å². The largest absolute Gasteiger partial charge is 0.372 e. The van der Waals surface area contributed by atoms with E-state index in [1.54, 1.807) is 0 Å². The first kappa shape index (κ1) is 19.2. The molecule has 1 N–H and O–H groups in total. The number of hydrogen-bond acceptors (Lipinski definition) is 6. The third kappa shape index (κ3) is 3.82. The third-order valence-corrected chi connectivity index (χ3v) is 5.93. The minimum atomic E-state index is -0.00164. The summed E-state index contributed by atoms with van der Waals surface area (Å²) in [5, 5.41) is 1.15. The highest BCUT2D eigenvalue weighted by molar-refractivity contribution is 5.78. The van der Waals surface area contributed by atoms with E-state index in [0.717, 1.165) is 54.8 Å². The van der Waals surface area contributed by atoms with Crippen molar-refractivity contribution in [1.29, 1.82) is 0 Å². The topological polar surface area (TPSA) is 74.4 Å². The third-order valence-electron chi connectivity index (χ3n) is 5.93. The van der Waals surface area contributed by atoms with Gasteiger partial charge >= 0.3 is 0 Å². The number of nitrogens with zero attached hydrogens (tertiary/aromatic N) is 4. The predicted molar refractivity (Wildman–Crippen MR) is 117 cm³/mol. The van der Waals surface area contributed by atoms with Crippen molar-refractivity contribution in [3.63, 3.8) is 0 Å². The number of rotatable bonds is 3. The molecule has 1 aromatic carbocycles. The highest BCUT2D eigenvalue weighted by Crippen LogP contribution is 2.22. The van der Waals surface area contributed by atoms with Crippen LogP contribution in [0.25, 0.3) is 10.9 Å². The number of anilines is 1. The van der Waals surface area contributed by atoms with Crippen LogP contribution in [0.4, 0.5) is 5.95 Å². The summed E-state index contributed by atoms with van der Waals surface area (Å²) in [6, 6.07) is 10.5. The molecular formula is C23H27N5O2. The van der Waals surface area contributed by atoms with E-state index >= 15 is 0 Å². The minimum absolute atomic E-state index is 0.00164. The second kappa shape index (κ2) is 7.81. The Morgan fingerprint density at radius 3 is 2.87 bits per heavy atom. The Hall–Kier alpha value is -2.77. The van der Waals surface area contributed by atoms with E-state index in [1.165, 1.54) is 5.56 Å². The van der Waals surface area contributed by atoms with E-state index in [2.05, 4.69) is 57.9 Å². The van der Waals surface area contributed by atoms with E-state index in [9.17, 15) is 4.79 Å². The number of hydrogen-bond donors (Lipinski definition) is 1. The lowest BCUT2D eigenvalue weighted by molar-refractivity contribution is -0.00576. The SMILES string of the molecule is C[C@H]1CN(c2nc3c(c(=O)[nH]2)CCN(Cc2ccc4ncccc4c2)C3)C[C@H](C)O1. The van der Waals surface area contributed by atoms with E-state index in [1.807, 2.05) is 12.3 Å². The smallest absolute Gasteiger partial charge is 0.255 e. The van der Waals surface area contributed by atoms with Crippen LogP contribution in [-0.4, -0.2) is 51.7 Å². The lowest BCUT2D eigenvalue weighted by Gasteiger charge is -2.36. The molecule has 2 aromatic heterocycles. The first-order valence-electron chi connectivity index (χ1n) is 10.6. The Morgan fingerprint density at radius 1 is 1.20 bits per heavy atom. The zero-order valence-electron chi connectivity index (χ0n) is 17.5. The summed E-state index contributed by atoms with van der Waals surface area (Å²) in [5.74, 6) is 0.666. The van der Waals surface area contributed by atoms with Gasteiger partial charge in [0.2, 0.25) is 5.95 Å². The quantitative estimate of drug-likeness (QED) is 0.722. The molecule has 5 rings (SSSR count). The van der Waals surface area contributed by atoms with Crippen LogP contribution in [0.2, 0.25) is 0 Å². The van der Waals surface area contributed by atoms with Crippen LogP contribution in [0.15, 0.2) is 41.3 Å². The fraction of sp³-hybridized carbons (Fsp3) is 0.435. The highest BCUT2D eigenvalue weighted by atomic mass is 16.5. The molecule has 1 saturated heterocycles. The number of ether oxygens (including phenoxy) is 1. The summed E-state index contributed by atoms with van der Waals surface area (Å²) in [6.45, 7) is 7.96. The molecule has 0 bridgehead atoms. The van der Waals surface area contributed by atoms with Crippen LogP contribution in [0.3, 0.4) is 0 Å². The van der Waals surface area contributed by atoms with E-state index in [-0.39, 0.29) is 17.8 Å². The van der Waals surface area contributed by atoms with Crippen molar-refractivity contribution in [3.8, 4) is 0 Å². The Kier molecular flexibility index (Phi) is 5.00. The van der Waals surface area contributed by atoms with Gasteiger partial charge in [-0.2, -0.15) is 0 Å². The van der Waals surface area contributed by atoms with Gasteiger partial charge in [0.05, 0.1) is 23.4 Å². The minimum Gasteiger partial charge on any atom is -0.372 e. The molecule has 0 saturated carbocycles. The van der Waals surface area contributed by atoms with E-state index < -0.39 is 0 Å². The standard InChI is InChI=1S/C23H27N5O2/c1-15-11-28(12-16(2)30-15)23-25-21-14-27(9-7-19(21)22(29)26-23)13-17-5-6-20-18(10-17)4-3-8-24-20/h3-6,8,10,15-16H,7,9,11-14H2,1-2H3,(H,25,26,29)/t15-,16-/m0/s1. The van der Waals surface area contributed by atoms with E-state index in [0.29, 0.717) is 12.5 Å².